The first-order chi connectivity index (χ1) is 6.96. The van der Waals surface area contributed by atoms with Crippen LogP contribution in [0.15, 0.2) is 0 Å². The second-order valence-electron chi connectivity index (χ2n) is 5.76. The Kier molecular flexibility index (Phi) is 4.60. The quantitative estimate of drug-likeness (QED) is 0.599. The van der Waals surface area contributed by atoms with Crippen LogP contribution in [0.5, 0.6) is 0 Å². The van der Waals surface area contributed by atoms with Crippen LogP contribution in [0.3, 0.4) is 0 Å². The van der Waals surface area contributed by atoms with Gasteiger partial charge in [-0.1, -0.05) is 0 Å². The van der Waals surface area contributed by atoms with Crippen LogP contribution in [-0.4, -0.2) is 43.2 Å². The van der Waals surface area contributed by atoms with Gasteiger partial charge in [-0.2, -0.15) is 0 Å². The van der Waals surface area contributed by atoms with E-state index in [0.29, 0.717) is 9.68 Å². The summed E-state index contributed by atoms with van der Waals surface area (Å²) in [6.45, 7) is 14.1. The lowest BCUT2D eigenvalue weighted by molar-refractivity contribution is 0.840. The Morgan fingerprint density at radius 1 is 0.938 bits per heavy atom. The van der Waals surface area contributed by atoms with Crippen LogP contribution in [0.1, 0.15) is 0 Å². The van der Waals surface area contributed by atoms with Crippen LogP contribution in [0.25, 0.3) is 0 Å². The summed E-state index contributed by atoms with van der Waals surface area (Å²) in [6, 6.07) is 0. The normalized spacial score (nSPS) is 28.3. The molecular formula is C7H21Cl2N3Si4. The van der Waals surface area contributed by atoms with Crippen molar-refractivity contribution in [3.63, 3.8) is 0 Å². The number of halogens is 2. The van der Waals surface area contributed by atoms with Gasteiger partial charge in [0.2, 0.25) is 0 Å². The minimum Gasteiger partial charge on any atom is -0.345 e. The van der Waals surface area contributed by atoms with Crippen LogP contribution in [0.2, 0.25) is 39.3 Å². The number of rotatable bonds is 2. The smallest absolute Gasteiger partial charge is 0.183 e. The van der Waals surface area contributed by atoms with Crippen LogP contribution < -0.4 is 9.30 Å². The number of hydrogen-bond acceptors (Lipinski definition) is 3. The molecule has 1 aliphatic heterocycles. The fourth-order valence-corrected chi connectivity index (χ4v) is 29.5. The highest BCUT2D eigenvalue weighted by Crippen LogP contribution is 2.24. The Labute approximate surface area is 115 Å². The molecule has 0 aromatic heterocycles. The van der Waals surface area contributed by atoms with Crippen LogP contribution in [-0.2, 0) is 0 Å². The predicted molar refractivity (Wildman–Crippen MR) is 81.8 cm³/mol. The average Bonchev–Trinajstić information content (AvgIpc) is 1.92. The zero-order valence-corrected chi connectivity index (χ0v) is 16.3. The standard InChI is InChI=1S/C7H21Cl2N3Si4/c1-14(2)10-15(3,4)12(13-7(8)9)16(5,6)11-14/h7,10-11H,1-6H3. The molecule has 0 unspecified atom stereocenters. The molecule has 2 radical (unpaired) electrons. The molecule has 9 heteroatoms. The van der Waals surface area contributed by atoms with Crippen molar-refractivity contribution in [1.82, 2.24) is 13.2 Å². The van der Waals surface area contributed by atoms with Gasteiger partial charge in [0, 0.05) is 0 Å². The van der Waals surface area contributed by atoms with Gasteiger partial charge in [-0.05, 0) is 39.3 Å². The summed E-state index contributed by atoms with van der Waals surface area (Å²) in [5.41, 5.74) is 0. The van der Waals surface area contributed by atoms with Gasteiger partial charge in [0.1, 0.15) is 4.46 Å². The Balaban J connectivity index is 2.97. The van der Waals surface area contributed by atoms with Crippen molar-refractivity contribution in [2.24, 2.45) is 0 Å². The zero-order valence-electron chi connectivity index (χ0n) is 10.8. The van der Waals surface area contributed by atoms with Crippen molar-refractivity contribution in [2.45, 2.75) is 43.7 Å². The van der Waals surface area contributed by atoms with E-state index in [1.54, 1.807) is 0 Å². The molecule has 0 aromatic carbocycles. The summed E-state index contributed by atoms with van der Waals surface area (Å²) in [6.07, 6.45) is 0. The van der Waals surface area contributed by atoms with Crippen molar-refractivity contribution in [3.8, 4) is 0 Å². The minimum atomic E-state index is -1.57. The molecule has 2 N–H and O–H groups in total. The van der Waals surface area contributed by atoms with E-state index >= 15 is 0 Å². The van der Waals surface area contributed by atoms with Crippen molar-refractivity contribution < 1.29 is 0 Å². The highest BCUT2D eigenvalue weighted by molar-refractivity contribution is 7.08. The van der Waals surface area contributed by atoms with Gasteiger partial charge in [-0.3, -0.25) is 0 Å². The first-order valence-electron chi connectivity index (χ1n) is 5.40. The van der Waals surface area contributed by atoms with E-state index < -0.39 is 25.2 Å². The molecule has 1 aliphatic rings. The zero-order chi connectivity index (χ0) is 12.8. The topological polar surface area (TPSA) is 27.3 Å². The number of nitrogens with zero attached hydrogens (tertiary/aromatic N) is 1. The molecule has 0 spiro atoms. The van der Waals surface area contributed by atoms with Crippen molar-refractivity contribution in [1.29, 1.82) is 0 Å². The molecule has 16 heavy (non-hydrogen) atoms. The Hall–Kier alpha value is 1.33. The average molecular weight is 331 g/mol. The van der Waals surface area contributed by atoms with E-state index in [4.69, 9.17) is 23.2 Å². The van der Waals surface area contributed by atoms with E-state index in [2.05, 4.69) is 52.5 Å². The van der Waals surface area contributed by atoms with Gasteiger partial charge in [-0.15, -0.1) is 23.2 Å². The predicted octanol–water partition coefficient (Wildman–Crippen LogP) is 1.97. The highest BCUT2D eigenvalue weighted by Gasteiger charge is 2.51. The van der Waals surface area contributed by atoms with Gasteiger partial charge in [0.15, 0.2) is 34.9 Å². The maximum absolute atomic E-state index is 5.97. The Morgan fingerprint density at radius 3 is 1.62 bits per heavy atom. The lowest BCUT2D eigenvalue weighted by Crippen LogP contribution is -2.89. The highest BCUT2D eigenvalue weighted by atomic mass is 35.5. The Bertz CT molecular complexity index is 252. The SMILES string of the molecule is C[Si]1(C)N[Si](C)(C)N([Si]C(Cl)Cl)[Si](C)(C)N1. The van der Waals surface area contributed by atoms with E-state index in [-0.39, 0.29) is 4.46 Å². The van der Waals surface area contributed by atoms with Crippen molar-refractivity contribution in [2.75, 3.05) is 0 Å². The molecule has 3 nitrogen and oxygen atoms in total. The molecule has 1 rings (SSSR count). The molecule has 0 amide bonds. The minimum absolute atomic E-state index is 0.273. The summed E-state index contributed by atoms with van der Waals surface area (Å²) < 4.78 is 10.0. The second kappa shape index (κ2) is 4.78. The lowest BCUT2D eigenvalue weighted by atomic mass is 11.9. The molecule has 0 atom stereocenters. The Morgan fingerprint density at radius 2 is 1.31 bits per heavy atom. The first kappa shape index (κ1) is 15.4. The van der Waals surface area contributed by atoms with Crippen molar-refractivity contribution in [3.05, 3.63) is 0 Å². The third-order valence-corrected chi connectivity index (χ3v) is 23.2. The van der Waals surface area contributed by atoms with Crippen LogP contribution in [0.4, 0.5) is 0 Å². The summed E-state index contributed by atoms with van der Waals surface area (Å²) in [5.74, 6) is 0. The fourth-order valence-electron chi connectivity index (χ4n) is 2.79. The summed E-state index contributed by atoms with van der Waals surface area (Å²) in [5, 5.41) is 0. The van der Waals surface area contributed by atoms with Crippen molar-refractivity contribution >= 4 is 58.1 Å². The first-order valence-corrected chi connectivity index (χ1v) is 16.2. The maximum atomic E-state index is 5.97. The lowest BCUT2D eigenvalue weighted by Gasteiger charge is -2.57. The van der Waals surface area contributed by atoms with Gasteiger partial charge in [-0.25, -0.2) is 0 Å². The third-order valence-electron chi connectivity index (χ3n) is 2.58. The summed E-state index contributed by atoms with van der Waals surface area (Å²) >= 11 is 11.9. The van der Waals surface area contributed by atoms with Gasteiger partial charge in [0.25, 0.3) is 0 Å². The monoisotopic (exact) mass is 329 g/mol. The van der Waals surface area contributed by atoms with E-state index in [0.717, 1.165) is 0 Å². The fraction of sp³-hybridized carbons (Fsp3) is 1.00. The molecule has 0 aromatic rings. The summed E-state index contributed by atoms with van der Waals surface area (Å²) in [4.78, 5) is 0. The molecule has 0 bridgehead atoms. The van der Waals surface area contributed by atoms with E-state index in [9.17, 15) is 0 Å². The molecule has 1 fully saturated rings. The molecular weight excluding hydrogens is 309 g/mol. The van der Waals surface area contributed by atoms with E-state index in [1.807, 2.05) is 0 Å². The number of hydrogen-bond donors (Lipinski definition) is 2. The largest absolute Gasteiger partial charge is 0.345 e. The molecule has 1 heterocycles. The summed E-state index contributed by atoms with van der Waals surface area (Å²) in [7, 11) is -4.08. The van der Waals surface area contributed by atoms with Gasteiger partial charge < -0.3 is 13.2 Å². The van der Waals surface area contributed by atoms with Crippen LogP contribution in [0, 0.1) is 0 Å². The molecule has 0 aliphatic carbocycles. The number of nitrogens with one attached hydrogen (secondary N) is 2. The molecule has 0 saturated carbocycles. The molecule has 1 saturated heterocycles. The van der Waals surface area contributed by atoms with Gasteiger partial charge >= 0.3 is 0 Å². The number of alkyl halides is 2. The maximum Gasteiger partial charge on any atom is 0.183 e. The third kappa shape index (κ3) is 3.66. The van der Waals surface area contributed by atoms with Gasteiger partial charge in [0.05, 0.1) is 0 Å². The van der Waals surface area contributed by atoms with E-state index in [1.165, 1.54) is 0 Å². The van der Waals surface area contributed by atoms with Crippen LogP contribution >= 0.6 is 23.2 Å². The molecule has 94 valence electrons. The second-order valence-corrected chi connectivity index (χ2v) is 22.6.